The Labute approximate surface area is 157 Å². The molecular formula is C19H21ClN2O4. The third-order valence-corrected chi connectivity index (χ3v) is 3.95. The van der Waals surface area contributed by atoms with Crippen molar-refractivity contribution in [3.8, 4) is 11.5 Å². The summed E-state index contributed by atoms with van der Waals surface area (Å²) in [7, 11) is 3.00. The van der Waals surface area contributed by atoms with Crippen LogP contribution in [0.2, 0.25) is 5.02 Å². The van der Waals surface area contributed by atoms with Crippen LogP contribution in [0.25, 0.3) is 0 Å². The number of benzene rings is 2. The summed E-state index contributed by atoms with van der Waals surface area (Å²) in [5.74, 6) is 0.349. The van der Waals surface area contributed by atoms with E-state index >= 15 is 0 Å². The number of amides is 2. The third-order valence-electron chi connectivity index (χ3n) is 3.66. The Bertz CT molecular complexity index is 821. The Hall–Kier alpha value is -2.73. The molecule has 0 saturated heterocycles. The van der Waals surface area contributed by atoms with E-state index in [0.717, 1.165) is 0 Å². The van der Waals surface area contributed by atoms with Gasteiger partial charge in [0.25, 0.3) is 5.91 Å². The molecular weight excluding hydrogens is 356 g/mol. The minimum Gasteiger partial charge on any atom is -0.495 e. The summed E-state index contributed by atoms with van der Waals surface area (Å²) in [6.07, 6.45) is 0. The quantitative estimate of drug-likeness (QED) is 0.792. The Morgan fingerprint density at radius 1 is 0.962 bits per heavy atom. The maximum atomic E-state index is 12.4. The first-order valence-corrected chi connectivity index (χ1v) is 8.37. The lowest BCUT2D eigenvalue weighted by atomic mass is 10.1. The number of methoxy groups -OCH3 is 2. The van der Waals surface area contributed by atoms with Crippen LogP contribution in [-0.4, -0.2) is 26.0 Å². The fourth-order valence-electron chi connectivity index (χ4n) is 2.16. The Kier molecular flexibility index (Phi) is 6.46. The molecule has 0 heterocycles. The van der Waals surface area contributed by atoms with Crippen molar-refractivity contribution >= 4 is 34.8 Å². The molecule has 0 spiro atoms. The van der Waals surface area contributed by atoms with Gasteiger partial charge < -0.3 is 20.1 Å². The Balaban J connectivity index is 2.17. The molecule has 0 aliphatic carbocycles. The minimum atomic E-state index is -0.324. The third kappa shape index (κ3) is 4.67. The van der Waals surface area contributed by atoms with E-state index in [0.29, 0.717) is 33.5 Å². The molecule has 0 aliphatic rings. The summed E-state index contributed by atoms with van der Waals surface area (Å²) >= 11 is 6.05. The van der Waals surface area contributed by atoms with Crippen molar-refractivity contribution in [3.63, 3.8) is 0 Å². The predicted octanol–water partition coefficient (Wildman–Crippen LogP) is 4.20. The van der Waals surface area contributed by atoms with Crippen molar-refractivity contribution in [2.45, 2.75) is 13.8 Å². The normalized spacial score (nSPS) is 10.4. The number of nitrogens with one attached hydrogen (secondary N) is 2. The number of hydrogen-bond acceptors (Lipinski definition) is 4. The van der Waals surface area contributed by atoms with Gasteiger partial charge in [-0.3, -0.25) is 9.59 Å². The zero-order valence-corrected chi connectivity index (χ0v) is 15.8. The molecule has 6 nitrogen and oxygen atoms in total. The highest BCUT2D eigenvalue weighted by Crippen LogP contribution is 2.29. The van der Waals surface area contributed by atoms with E-state index in [2.05, 4.69) is 10.6 Å². The zero-order valence-electron chi connectivity index (χ0n) is 15.1. The van der Waals surface area contributed by atoms with Gasteiger partial charge in [0.1, 0.15) is 11.5 Å². The average molecular weight is 377 g/mol. The van der Waals surface area contributed by atoms with Crippen LogP contribution in [0, 0.1) is 5.92 Å². The van der Waals surface area contributed by atoms with Crippen LogP contribution in [0.4, 0.5) is 11.4 Å². The standard InChI is InChI=1S/C19H21ClN2O4/c1-11(2)18(23)22-15-7-6-13(10-17(15)26-4)21-19(24)12-5-8-16(25-3)14(20)9-12/h5-11H,1-4H3,(H,21,24)(H,22,23). The highest BCUT2D eigenvalue weighted by molar-refractivity contribution is 6.32. The lowest BCUT2D eigenvalue weighted by Gasteiger charge is -2.14. The van der Waals surface area contributed by atoms with Crippen LogP contribution < -0.4 is 20.1 Å². The van der Waals surface area contributed by atoms with Gasteiger partial charge in [-0.05, 0) is 30.3 Å². The largest absolute Gasteiger partial charge is 0.495 e. The molecule has 2 amide bonds. The van der Waals surface area contributed by atoms with Crippen molar-refractivity contribution in [1.82, 2.24) is 0 Å². The van der Waals surface area contributed by atoms with E-state index in [-0.39, 0.29) is 17.7 Å². The van der Waals surface area contributed by atoms with Crippen LogP contribution >= 0.6 is 11.6 Å². The second-order valence-corrected chi connectivity index (χ2v) is 6.27. The van der Waals surface area contributed by atoms with Crippen molar-refractivity contribution in [2.24, 2.45) is 5.92 Å². The summed E-state index contributed by atoms with van der Waals surface area (Å²) in [4.78, 5) is 24.2. The van der Waals surface area contributed by atoms with E-state index in [1.165, 1.54) is 20.3 Å². The first kappa shape index (κ1) is 19.6. The molecule has 138 valence electrons. The lowest BCUT2D eigenvalue weighted by molar-refractivity contribution is -0.118. The maximum Gasteiger partial charge on any atom is 0.255 e. The highest BCUT2D eigenvalue weighted by Gasteiger charge is 2.13. The van der Waals surface area contributed by atoms with Gasteiger partial charge in [-0.1, -0.05) is 25.4 Å². The fraction of sp³-hybridized carbons (Fsp3) is 0.263. The Morgan fingerprint density at radius 2 is 1.65 bits per heavy atom. The van der Waals surface area contributed by atoms with E-state index in [4.69, 9.17) is 21.1 Å². The number of anilines is 2. The van der Waals surface area contributed by atoms with Gasteiger partial charge in [0.2, 0.25) is 5.91 Å². The van der Waals surface area contributed by atoms with Gasteiger partial charge in [-0.15, -0.1) is 0 Å². The lowest BCUT2D eigenvalue weighted by Crippen LogP contribution is -2.18. The molecule has 0 radical (unpaired) electrons. The smallest absolute Gasteiger partial charge is 0.255 e. The van der Waals surface area contributed by atoms with Crippen molar-refractivity contribution in [3.05, 3.63) is 47.0 Å². The Morgan fingerprint density at radius 3 is 2.23 bits per heavy atom. The molecule has 0 aliphatic heterocycles. The van der Waals surface area contributed by atoms with Crippen LogP contribution in [0.5, 0.6) is 11.5 Å². The van der Waals surface area contributed by atoms with Crippen molar-refractivity contribution in [2.75, 3.05) is 24.9 Å². The van der Waals surface area contributed by atoms with E-state index < -0.39 is 0 Å². The van der Waals surface area contributed by atoms with Gasteiger partial charge in [-0.2, -0.15) is 0 Å². The number of carbonyl (C=O) groups excluding carboxylic acids is 2. The summed E-state index contributed by atoms with van der Waals surface area (Å²) in [5.41, 5.74) is 1.46. The summed E-state index contributed by atoms with van der Waals surface area (Å²) < 4.78 is 10.4. The molecule has 0 aromatic heterocycles. The number of rotatable bonds is 6. The molecule has 2 aromatic carbocycles. The molecule has 0 saturated carbocycles. The number of ether oxygens (including phenoxy) is 2. The molecule has 2 rings (SSSR count). The molecule has 0 atom stereocenters. The van der Waals surface area contributed by atoms with Gasteiger partial charge in [0.05, 0.1) is 24.9 Å². The van der Waals surface area contributed by atoms with Gasteiger partial charge in [0, 0.05) is 23.2 Å². The zero-order chi connectivity index (χ0) is 19.3. The van der Waals surface area contributed by atoms with Crippen LogP contribution in [0.15, 0.2) is 36.4 Å². The highest BCUT2D eigenvalue weighted by atomic mass is 35.5. The van der Waals surface area contributed by atoms with Gasteiger partial charge >= 0.3 is 0 Å². The molecule has 7 heteroatoms. The second-order valence-electron chi connectivity index (χ2n) is 5.86. The molecule has 26 heavy (non-hydrogen) atoms. The monoisotopic (exact) mass is 376 g/mol. The van der Waals surface area contributed by atoms with E-state index in [1.807, 2.05) is 0 Å². The number of halogens is 1. The average Bonchev–Trinajstić information content (AvgIpc) is 2.62. The van der Waals surface area contributed by atoms with Gasteiger partial charge in [0.15, 0.2) is 0 Å². The topological polar surface area (TPSA) is 76.7 Å². The van der Waals surface area contributed by atoms with E-state index in [1.54, 1.807) is 44.2 Å². The SMILES string of the molecule is COc1ccc(C(=O)Nc2ccc(NC(=O)C(C)C)c(OC)c2)cc1Cl. The van der Waals surface area contributed by atoms with Crippen LogP contribution in [0.3, 0.4) is 0 Å². The second kappa shape index (κ2) is 8.58. The predicted molar refractivity (Wildman–Crippen MR) is 102 cm³/mol. The first-order chi connectivity index (χ1) is 12.3. The minimum absolute atomic E-state index is 0.118. The summed E-state index contributed by atoms with van der Waals surface area (Å²) in [5, 5.41) is 5.91. The first-order valence-electron chi connectivity index (χ1n) is 7.99. The molecule has 2 aromatic rings. The van der Waals surface area contributed by atoms with Crippen molar-refractivity contribution in [1.29, 1.82) is 0 Å². The molecule has 0 unspecified atom stereocenters. The molecule has 0 bridgehead atoms. The molecule has 2 N–H and O–H groups in total. The van der Waals surface area contributed by atoms with Crippen LogP contribution in [0.1, 0.15) is 24.2 Å². The number of hydrogen-bond donors (Lipinski definition) is 2. The number of carbonyl (C=O) groups is 2. The van der Waals surface area contributed by atoms with Gasteiger partial charge in [-0.25, -0.2) is 0 Å². The molecule has 0 fully saturated rings. The summed E-state index contributed by atoms with van der Waals surface area (Å²) in [6.45, 7) is 3.60. The van der Waals surface area contributed by atoms with Crippen LogP contribution in [-0.2, 0) is 4.79 Å². The maximum absolute atomic E-state index is 12.4. The summed E-state index contributed by atoms with van der Waals surface area (Å²) in [6, 6.07) is 9.78. The fourth-order valence-corrected chi connectivity index (χ4v) is 2.42. The van der Waals surface area contributed by atoms with E-state index in [9.17, 15) is 9.59 Å². The van der Waals surface area contributed by atoms with Crippen molar-refractivity contribution < 1.29 is 19.1 Å².